The Balaban J connectivity index is 2.36. The number of nitrogens with zero attached hydrogens (tertiary/aromatic N) is 1. The molecule has 98 valence electrons. The van der Waals surface area contributed by atoms with Crippen molar-refractivity contribution >= 4 is 21.8 Å². The highest BCUT2D eigenvalue weighted by atomic mass is 32.2. The van der Waals surface area contributed by atoms with Gasteiger partial charge in [-0.2, -0.15) is 0 Å². The predicted molar refractivity (Wildman–Crippen MR) is 76.3 cm³/mol. The number of anilines is 1. The lowest BCUT2D eigenvalue weighted by atomic mass is 10.2. The zero-order chi connectivity index (χ0) is 13.9. The molecule has 0 aliphatic carbocycles. The van der Waals surface area contributed by atoms with Crippen LogP contribution >= 0.6 is 0 Å². The summed E-state index contributed by atoms with van der Waals surface area (Å²) in [6.45, 7) is 5.54. The number of pyridine rings is 1. The van der Waals surface area contributed by atoms with Crippen LogP contribution in [0.4, 0.5) is 5.69 Å². The Morgan fingerprint density at radius 1 is 1.21 bits per heavy atom. The monoisotopic (exact) mass is 274 g/mol. The number of nitrogens with one attached hydrogen (secondary N) is 1. The Kier molecular flexibility index (Phi) is 3.66. The minimum Gasteiger partial charge on any atom is -0.279 e. The van der Waals surface area contributed by atoms with Gasteiger partial charge in [-0.1, -0.05) is 30.4 Å². The van der Waals surface area contributed by atoms with Crippen molar-refractivity contribution in [2.24, 2.45) is 0 Å². The Bertz CT molecular complexity index is 692. The SMILES string of the molecule is C=Cc1cnccc1NS(=O)(=O)c1ccc(C)cc1. The van der Waals surface area contributed by atoms with Crippen LogP contribution in [0.3, 0.4) is 0 Å². The highest BCUT2D eigenvalue weighted by Gasteiger charge is 2.14. The first-order chi connectivity index (χ1) is 9.03. The summed E-state index contributed by atoms with van der Waals surface area (Å²) in [4.78, 5) is 4.15. The maximum absolute atomic E-state index is 12.2. The lowest BCUT2D eigenvalue weighted by Crippen LogP contribution is -2.13. The first kappa shape index (κ1) is 13.3. The number of rotatable bonds is 4. The molecule has 4 nitrogen and oxygen atoms in total. The Labute approximate surface area is 112 Å². The maximum Gasteiger partial charge on any atom is 0.261 e. The van der Waals surface area contributed by atoms with E-state index >= 15 is 0 Å². The molecule has 0 bridgehead atoms. The third kappa shape index (κ3) is 3.00. The van der Waals surface area contributed by atoms with E-state index in [0.717, 1.165) is 5.56 Å². The van der Waals surface area contributed by atoms with Crippen LogP contribution in [0.1, 0.15) is 11.1 Å². The fraction of sp³-hybridized carbons (Fsp3) is 0.0714. The lowest BCUT2D eigenvalue weighted by Gasteiger charge is -2.10. The number of benzene rings is 1. The van der Waals surface area contributed by atoms with Crippen molar-refractivity contribution < 1.29 is 8.42 Å². The molecule has 0 aliphatic rings. The summed E-state index contributed by atoms with van der Waals surface area (Å²) in [7, 11) is -3.59. The van der Waals surface area contributed by atoms with Gasteiger partial charge in [-0.15, -0.1) is 0 Å². The predicted octanol–water partition coefficient (Wildman–Crippen LogP) is 2.83. The molecule has 0 spiro atoms. The van der Waals surface area contributed by atoms with E-state index < -0.39 is 10.0 Å². The van der Waals surface area contributed by atoms with E-state index in [4.69, 9.17) is 0 Å². The van der Waals surface area contributed by atoms with E-state index in [1.807, 2.05) is 6.92 Å². The molecule has 2 aromatic rings. The Morgan fingerprint density at radius 2 is 1.89 bits per heavy atom. The van der Waals surface area contributed by atoms with Crippen molar-refractivity contribution in [2.45, 2.75) is 11.8 Å². The normalized spacial score (nSPS) is 11.0. The summed E-state index contributed by atoms with van der Waals surface area (Å²) < 4.78 is 27.0. The minimum atomic E-state index is -3.59. The maximum atomic E-state index is 12.2. The summed E-state index contributed by atoms with van der Waals surface area (Å²) in [5.74, 6) is 0. The van der Waals surface area contributed by atoms with E-state index in [2.05, 4.69) is 16.3 Å². The van der Waals surface area contributed by atoms with Crippen molar-refractivity contribution in [3.63, 3.8) is 0 Å². The van der Waals surface area contributed by atoms with Crippen LogP contribution in [-0.2, 0) is 10.0 Å². The fourth-order valence-corrected chi connectivity index (χ4v) is 2.67. The molecule has 0 amide bonds. The number of aryl methyl sites for hydroxylation is 1. The number of hydrogen-bond donors (Lipinski definition) is 1. The molecule has 2 rings (SSSR count). The molecule has 1 N–H and O–H groups in total. The van der Waals surface area contributed by atoms with Crippen molar-refractivity contribution in [3.05, 3.63) is 60.4 Å². The minimum absolute atomic E-state index is 0.227. The summed E-state index contributed by atoms with van der Waals surface area (Å²) in [5, 5.41) is 0. The molecular formula is C14H14N2O2S. The van der Waals surface area contributed by atoms with Crippen LogP contribution < -0.4 is 4.72 Å². The van der Waals surface area contributed by atoms with Gasteiger partial charge in [-0.3, -0.25) is 9.71 Å². The van der Waals surface area contributed by atoms with E-state index in [1.54, 1.807) is 42.6 Å². The molecule has 0 saturated carbocycles. The molecule has 0 fully saturated rings. The second-order valence-corrected chi connectivity index (χ2v) is 5.77. The Hall–Kier alpha value is -2.14. The summed E-state index contributed by atoms with van der Waals surface area (Å²) in [5.41, 5.74) is 2.11. The van der Waals surface area contributed by atoms with Crippen molar-refractivity contribution in [2.75, 3.05) is 4.72 Å². The van der Waals surface area contributed by atoms with Crippen molar-refractivity contribution in [1.82, 2.24) is 4.98 Å². The van der Waals surface area contributed by atoms with Crippen LogP contribution in [0.5, 0.6) is 0 Å². The second kappa shape index (κ2) is 5.24. The average Bonchev–Trinajstić information content (AvgIpc) is 2.39. The van der Waals surface area contributed by atoms with Gasteiger partial charge < -0.3 is 0 Å². The zero-order valence-electron chi connectivity index (χ0n) is 10.5. The van der Waals surface area contributed by atoms with Gasteiger partial charge in [0.15, 0.2) is 0 Å². The summed E-state index contributed by atoms with van der Waals surface area (Å²) >= 11 is 0. The lowest BCUT2D eigenvalue weighted by molar-refractivity contribution is 0.601. The van der Waals surface area contributed by atoms with Crippen molar-refractivity contribution in [1.29, 1.82) is 0 Å². The molecule has 0 atom stereocenters. The van der Waals surface area contributed by atoms with Gasteiger partial charge >= 0.3 is 0 Å². The first-order valence-electron chi connectivity index (χ1n) is 5.69. The summed E-state index contributed by atoms with van der Waals surface area (Å²) in [6.07, 6.45) is 4.64. The smallest absolute Gasteiger partial charge is 0.261 e. The van der Waals surface area contributed by atoms with Gasteiger partial charge in [0.05, 0.1) is 10.6 Å². The largest absolute Gasteiger partial charge is 0.279 e. The molecule has 0 unspecified atom stereocenters. The van der Waals surface area contributed by atoms with E-state index in [-0.39, 0.29) is 4.90 Å². The molecule has 19 heavy (non-hydrogen) atoms. The number of sulfonamides is 1. The number of hydrogen-bond acceptors (Lipinski definition) is 3. The fourth-order valence-electron chi connectivity index (χ4n) is 1.58. The zero-order valence-corrected chi connectivity index (χ0v) is 11.3. The van der Waals surface area contributed by atoms with E-state index in [1.165, 1.54) is 6.20 Å². The van der Waals surface area contributed by atoms with Crippen molar-refractivity contribution in [3.8, 4) is 0 Å². The molecule has 1 heterocycles. The van der Waals surface area contributed by atoms with Crippen LogP contribution in [-0.4, -0.2) is 13.4 Å². The summed E-state index contributed by atoms with van der Waals surface area (Å²) in [6, 6.07) is 8.27. The molecule has 5 heteroatoms. The highest BCUT2D eigenvalue weighted by Crippen LogP contribution is 2.20. The van der Waals surface area contributed by atoms with E-state index in [0.29, 0.717) is 11.3 Å². The molecular weight excluding hydrogens is 260 g/mol. The third-order valence-electron chi connectivity index (χ3n) is 2.65. The quantitative estimate of drug-likeness (QED) is 0.932. The van der Waals surface area contributed by atoms with Crippen LogP contribution in [0, 0.1) is 6.92 Å². The standard InChI is InChI=1S/C14H14N2O2S/c1-3-12-10-15-9-8-14(12)16-19(17,18)13-6-4-11(2)5-7-13/h3-10H,1H2,2H3,(H,15,16). The topological polar surface area (TPSA) is 59.1 Å². The van der Waals surface area contributed by atoms with Crippen LogP contribution in [0.2, 0.25) is 0 Å². The first-order valence-corrected chi connectivity index (χ1v) is 7.17. The van der Waals surface area contributed by atoms with Crippen LogP contribution in [0.15, 0.2) is 54.2 Å². The molecule has 1 aromatic carbocycles. The van der Waals surface area contributed by atoms with Gasteiger partial charge in [0, 0.05) is 18.0 Å². The van der Waals surface area contributed by atoms with Gasteiger partial charge in [0.2, 0.25) is 0 Å². The van der Waals surface area contributed by atoms with Gasteiger partial charge in [0.25, 0.3) is 10.0 Å². The molecule has 0 aliphatic heterocycles. The number of aromatic nitrogens is 1. The average molecular weight is 274 g/mol. The third-order valence-corrected chi connectivity index (χ3v) is 4.03. The Morgan fingerprint density at radius 3 is 2.53 bits per heavy atom. The molecule has 1 aromatic heterocycles. The van der Waals surface area contributed by atoms with Crippen LogP contribution in [0.25, 0.3) is 6.08 Å². The van der Waals surface area contributed by atoms with Gasteiger partial charge in [-0.25, -0.2) is 8.42 Å². The highest BCUT2D eigenvalue weighted by molar-refractivity contribution is 7.92. The molecule has 0 radical (unpaired) electrons. The van der Waals surface area contributed by atoms with Gasteiger partial charge in [0.1, 0.15) is 0 Å². The van der Waals surface area contributed by atoms with Gasteiger partial charge in [-0.05, 0) is 25.1 Å². The second-order valence-electron chi connectivity index (χ2n) is 4.09. The molecule has 0 saturated heterocycles. The van der Waals surface area contributed by atoms with E-state index in [9.17, 15) is 8.42 Å².